The summed E-state index contributed by atoms with van der Waals surface area (Å²) in [5.41, 5.74) is 1.54. The fourth-order valence-corrected chi connectivity index (χ4v) is 3.09. The van der Waals surface area contributed by atoms with Crippen molar-refractivity contribution < 1.29 is 4.74 Å². The van der Waals surface area contributed by atoms with Gasteiger partial charge >= 0.3 is 0 Å². The second-order valence-electron chi connectivity index (χ2n) is 7.53. The van der Waals surface area contributed by atoms with E-state index in [1.165, 1.54) is 18.4 Å². The number of rotatable bonds is 10. The molecule has 2 N–H and O–H groups in total. The van der Waals surface area contributed by atoms with E-state index in [0.717, 1.165) is 43.8 Å². The Morgan fingerprint density at radius 1 is 1.21 bits per heavy atom. The van der Waals surface area contributed by atoms with Gasteiger partial charge in [0.1, 0.15) is 5.82 Å². The first-order chi connectivity index (χ1) is 13.6. The fraction of sp³-hybridized carbons (Fsp3) is 0.571. The van der Waals surface area contributed by atoms with Gasteiger partial charge in [0, 0.05) is 26.8 Å². The lowest BCUT2D eigenvalue weighted by molar-refractivity contribution is 0.128. The predicted molar refractivity (Wildman–Crippen MR) is 111 cm³/mol. The number of aryl methyl sites for hydroxylation is 1. The van der Waals surface area contributed by atoms with Gasteiger partial charge in [-0.15, -0.1) is 10.2 Å². The largest absolute Gasteiger partial charge is 0.382 e. The first kappa shape index (κ1) is 20.3. The van der Waals surface area contributed by atoms with Crippen LogP contribution in [0.2, 0.25) is 0 Å². The van der Waals surface area contributed by atoms with Crippen LogP contribution >= 0.6 is 0 Å². The second kappa shape index (κ2) is 9.68. The monoisotopic (exact) mass is 384 g/mol. The van der Waals surface area contributed by atoms with Crippen LogP contribution in [0.25, 0.3) is 0 Å². The van der Waals surface area contributed by atoms with Gasteiger partial charge in [-0.25, -0.2) is 4.99 Å². The maximum atomic E-state index is 5.55. The number of aliphatic imine (C=N–C) groups is 1. The molecule has 2 aromatic rings. The Hall–Kier alpha value is -2.41. The zero-order chi connectivity index (χ0) is 19.8. The number of guanidine groups is 1. The third kappa shape index (κ3) is 5.79. The summed E-state index contributed by atoms with van der Waals surface area (Å²) in [5, 5.41) is 15.3. The molecule has 7 nitrogen and oxygen atoms in total. The van der Waals surface area contributed by atoms with Crippen LogP contribution in [0.4, 0.5) is 0 Å². The first-order valence-corrected chi connectivity index (χ1v) is 10.1. The number of ether oxygens (including phenoxy) is 1. The van der Waals surface area contributed by atoms with Crippen LogP contribution in [0.5, 0.6) is 0 Å². The van der Waals surface area contributed by atoms with E-state index in [0.29, 0.717) is 18.5 Å². The van der Waals surface area contributed by atoms with Crippen LogP contribution < -0.4 is 10.6 Å². The molecular weight excluding hydrogens is 352 g/mol. The molecule has 0 aliphatic heterocycles. The summed E-state index contributed by atoms with van der Waals surface area (Å²) in [4.78, 5) is 4.78. The van der Waals surface area contributed by atoms with E-state index in [4.69, 9.17) is 9.73 Å². The summed E-state index contributed by atoms with van der Waals surface area (Å²) in [6.07, 6.45) is 3.60. The van der Waals surface area contributed by atoms with Crippen LogP contribution in [0.15, 0.2) is 35.3 Å². The van der Waals surface area contributed by atoms with E-state index < -0.39 is 0 Å². The molecule has 1 heterocycles. The van der Waals surface area contributed by atoms with E-state index >= 15 is 0 Å². The number of benzene rings is 1. The molecule has 0 radical (unpaired) electrons. The van der Waals surface area contributed by atoms with Gasteiger partial charge in [-0.05, 0) is 44.1 Å². The van der Waals surface area contributed by atoms with Crippen molar-refractivity contribution in [1.29, 1.82) is 0 Å². The van der Waals surface area contributed by atoms with Crippen LogP contribution in [-0.4, -0.2) is 40.5 Å². The van der Waals surface area contributed by atoms with Crippen molar-refractivity contribution >= 4 is 5.96 Å². The van der Waals surface area contributed by atoms with Crippen LogP contribution in [-0.2, 0) is 24.9 Å². The molecule has 0 bridgehead atoms. The summed E-state index contributed by atoms with van der Waals surface area (Å²) >= 11 is 0. The summed E-state index contributed by atoms with van der Waals surface area (Å²) in [5.74, 6) is 2.61. The van der Waals surface area contributed by atoms with Crippen LogP contribution in [0.3, 0.4) is 0 Å². The fourth-order valence-electron chi connectivity index (χ4n) is 3.09. The van der Waals surface area contributed by atoms with Gasteiger partial charge in [0.15, 0.2) is 11.8 Å². The van der Waals surface area contributed by atoms with Crippen molar-refractivity contribution in [2.45, 2.75) is 46.2 Å². The summed E-state index contributed by atoms with van der Waals surface area (Å²) in [6, 6.07) is 10.3. The van der Waals surface area contributed by atoms with Gasteiger partial charge in [0.2, 0.25) is 0 Å². The Morgan fingerprint density at radius 2 is 2.00 bits per heavy atom. The molecule has 0 unspecified atom stereocenters. The van der Waals surface area contributed by atoms with Crippen molar-refractivity contribution in [3.8, 4) is 0 Å². The smallest absolute Gasteiger partial charge is 0.191 e. The minimum Gasteiger partial charge on any atom is -0.382 e. The highest BCUT2D eigenvalue weighted by molar-refractivity contribution is 5.79. The maximum absolute atomic E-state index is 5.55. The average molecular weight is 385 g/mol. The van der Waals surface area contributed by atoms with E-state index in [1.807, 2.05) is 43.7 Å². The van der Waals surface area contributed by atoms with Crippen LogP contribution in [0.1, 0.15) is 43.4 Å². The van der Waals surface area contributed by atoms with E-state index in [2.05, 4.69) is 33.0 Å². The van der Waals surface area contributed by atoms with Crippen molar-refractivity contribution in [1.82, 2.24) is 25.4 Å². The molecule has 0 atom stereocenters. The third-order valence-corrected chi connectivity index (χ3v) is 5.43. The Labute approximate surface area is 167 Å². The highest BCUT2D eigenvalue weighted by Crippen LogP contribution is 2.48. The van der Waals surface area contributed by atoms with E-state index in [9.17, 15) is 0 Å². The quantitative estimate of drug-likeness (QED) is 0.374. The molecule has 0 spiro atoms. The normalized spacial score (nSPS) is 15.5. The van der Waals surface area contributed by atoms with Gasteiger partial charge in [0.25, 0.3) is 0 Å². The van der Waals surface area contributed by atoms with Gasteiger partial charge in [-0.3, -0.25) is 0 Å². The molecule has 1 saturated carbocycles. The third-order valence-electron chi connectivity index (χ3n) is 5.43. The zero-order valence-corrected chi connectivity index (χ0v) is 17.2. The highest BCUT2D eigenvalue weighted by Gasteiger charge is 2.41. The number of nitrogens with zero attached hydrogens (tertiary/aromatic N) is 4. The standard InChI is InChI=1S/C21H32N6O/c1-4-28-13-12-21(10-11-21)16-24-20(22-14-18-8-6-5-7-9-18)23-15-19-26-25-17(2)27(19)3/h5-9H,4,10-16H2,1-3H3,(H2,22,23,24). The van der Waals surface area contributed by atoms with Crippen molar-refractivity contribution in [2.75, 3.05) is 19.8 Å². The Bertz CT molecular complexity index is 766. The van der Waals surface area contributed by atoms with Crippen LogP contribution in [0, 0.1) is 12.3 Å². The zero-order valence-electron chi connectivity index (χ0n) is 17.2. The number of hydrogen-bond donors (Lipinski definition) is 2. The molecule has 3 rings (SSSR count). The highest BCUT2D eigenvalue weighted by atomic mass is 16.5. The molecule has 28 heavy (non-hydrogen) atoms. The first-order valence-electron chi connectivity index (χ1n) is 10.1. The molecule has 0 amide bonds. The predicted octanol–water partition coefficient (Wildman–Crippen LogP) is 2.57. The van der Waals surface area contributed by atoms with Crippen molar-refractivity contribution in [3.63, 3.8) is 0 Å². The summed E-state index contributed by atoms with van der Waals surface area (Å²) < 4.78 is 7.54. The molecule has 152 valence electrons. The maximum Gasteiger partial charge on any atom is 0.191 e. The average Bonchev–Trinajstić information content (AvgIpc) is 3.42. The Balaban J connectivity index is 1.59. The summed E-state index contributed by atoms with van der Waals surface area (Å²) in [7, 11) is 1.98. The minimum absolute atomic E-state index is 0.353. The van der Waals surface area contributed by atoms with Crippen molar-refractivity contribution in [3.05, 3.63) is 47.5 Å². The molecular formula is C21H32N6O. The van der Waals surface area contributed by atoms with Gasteiger partial charge < -0.3 is 19.9 Å². The lowest BCUT2D eigenvalue weighted by atomic mass is 10.0. The second-order valence-corrected chi connectivity index (χ2v) is 7.53. The van der Waals surface area contributed by atoms with Crippen molar-refractivity contribution in [2.24, 2.45) is 17.5 Å². The molecule has 0 saturated heterocycles. The van der Waals surface area contributed by atoms with Gasteiger partial charge in [-0.2, -0.15) is 0 Å². The van der Waals surface area contributed by atoms with Gasteiger partial charge in [0.05, 0.1) is 13.1 Å². The lowest BCUT2D eigenvalue weighted by Gasteiger charge is -2.19. The van der Waals surface area contributed by atoms with E-state index in [-0.39, 0.29) is 0 Å². The SMILES string of the molecule is CCOCCC1(CNC(=NCc2ccccc2)NCc2nnc(C)n2C)CC1. The molecule has 1 aromatic carbocycles. The Kier molecular flexibility index (Phi) is 7.03. The molecule has 7 heteroatoms. The topological polar surface area (TPSA) is 76.4 Å². The van der Waals surface area contributed by atoms with E-state index in [1.54, 1.807) is 0 Å². The molecule has 1 aromatic heterocycles. The number of aromatic nitrogens is 3. The molecule has 1 aliphatic rings. The molecule has 1 fully saturated rings. The number of hydrogen-bond acceptors (Lipinski definition) is 4. The Morgan fingerprint density at radius 3 is 2.64 bits per heavy atom. The number of nitrogens with one attached hydrogen (secondary N) is 2. The minimum atomic E-state index is 0.353. The molecule has 1 aliphatic carbocycles. The summed E-state index contributed by atoms with van der Waals surface area (Å²) in [6.45, 7) is 7.76. The lowest BCUT2D eigenvalue weighted by Crippen LogP contribution is -2.40. The van der Waals surface area contributed by atoms with Gasteiger partial charge in [-0.1, -0.05) is 30.3 Å².